The first-order chi connectivity index (χ1) is 8.09. The Kier molecular flexibility index (Phi) is 5.66. The fourth-order valence-corrected chi connectivity index (χ4v) is 2.15. The molecule has 1 rings (SSSR count). The Morgan fingerprint density at radius 3 is 2.41 bits per heavy atom. The predicted octanol–water partition coefficient (Wildman–Crippen LogP) is 3.28. The van der Waals surface area contributed by atoms with E-state index in [1.54, 1.807) is 0 Å². The second-order valence-corrected chi connectivity index (χ2v) is 5.00. The van der Waals surface area contributed by atoms with Crippen molar-refractivity contribution >= 4 is 0 Å². The predicted molar refractivity (Wildman–Crippen MR) is 73.0 cm³/mol. The Balaban J connectivity index is 2.54. The summed E-state index contributed by atoms with van der Waals surface area (Å²) in [6.45, 7) is 6.82. The van der Waals surface area contributed by atoms with E-state index in [1.807, 2.05) is 13.0 Å². The number of nitrogens with one attached hydrogen (secondary N) is 1. The summed E-state index contributed by atoms with van der Waals surface area (Å²) in [5.74, 6) is 0. The molecular weight excluding hydrogens is 210 g/mol. The molecule has 0 heterocycles. The minimum atomic E-state index is -0.600. The lowest BCUT2D eigenvalue weighted by Gasteiger charge is -2.27. The van der Waals surface area contributed by atoms with E-state index in [2.05, 4.69) is 43.4 Å². The van der Waals surface area contributed by atoms with Gasteiger partial charge in [-0.15, -0.1) is 0 Å². The summed E-state index contributed by atoms with van der Waals surface area (Å²) < 4.78 is 0. The maximum atomic E-state index is 10.1. The summed E-state index contributed by atoms with van der Waals surface area (Å²) in [6, 6.07) is 10.8. The normalized spacial score (nSPS) is 16.5. The molecule has 0 fully saturated rings. The molecule has 2 unspecified atom stereocenters. The van der Waals surface area contributed by atoms with Crippen LogP contribution in [0, 0.1) is 0 Å². The van der Waals surface area contributed by atoms with Gasteiger partial charge in [0.2, 0.25) is 0 Å². The maximum absolute atomic E-state index is 10.1. The van der Waals surface area contributed by atoms with Crippen LogP contribution in [0.2, 0.25) is 0 Å². The maximum Gasteiger partial charge on any atom is 0.0743 e. The van der Waals surface area contributed by atoms with Gasteiger partial charge in [0.15, 0.2) is 0 Å². The van der Waals surface area contributed by atoms with Crippen LogP contribution < -0.4 is 5.32 Å². The Hall–Kier alpha value is -0.860. The molecule has 96 valence electrons. The molecular formula is C15H25NO. The van der Waals surface area contributed by atoms with Gasteiger partial charge in [0.25, 0.3) is 0 Å². The van der Waals surface area contributed by atoms with Crippen LogP contribution in [0.25, 0.3) is 0 Å². The molecule has 0 aromatic heterocycles. The average molecular weight is 235 g/mol. The topological polar surface area (TPSA) is 32.3 Å². The second kappa shape index (κ2) is 6.77. The lowest BCUT2D eigenvalue weighted by Crippen LogP contribution is -2.39. The van der Waals surface area contributed by atoms with Crippen LogP contribution in [-0.4, -0.2) is 17.3 Å². The molecule has 17 heavy (non-hydrogen) atoms. The van der Waals surface area contributed by atoms with E-state index >= 15 is 0 Å². The van der Waals surface area contributed by atoms with Crippen LogP contribution in [0.15, 0.2) is 30.3 Å². The molecule has 0 saturated heterocycles. The molecule has 2 atom stereocenters. The fourth-order valence-electron chi connectivity index (χ4n) is 2.15. The molecule has 0 amide bonds. The highest BCUT2D eigenvalue weighted by atomic mass is 16.3. The van der Waals surface area contributed by atoms with Crippen LogP contribution in [0.1, 0.15) is 51.6 Å². The van der Waals surface area contributed by atoms with E-state index < -0.39 is 5.60 Å². The third-order valence-electron chi connectivity index (χ3n) is 3.13. The van der Waals surface area contributed by atoms with Gasteiger partial charge in [-0.3, -0.25) is 0 Å². The van der Waals surface area contributed by atoms with Gasteiger partial charge in [0, 0.05) is 12.6 Å². The molecule has 1 aromatic rings. The zero-order chi connectivity index (χ0) is 12.7. The molecule has 1 aromatic carbocycles. The van der Waals surface area contributed by atoms with Crippen LogP contribution in [0.3, 0.4) is 0 Å². The monoisotopic (exact) mass is 235 g/mol. The lowest BCUT2D eigenvalue weighted by atomic mass is 9.98. The van der Waals surface area contributed by atoms with Gasteiger partial charge >= 0.3 is 0 Å². The minimum Gasteiger partial charge on any atom is -0.389 e. The van der Waals surface area contributed by atoms with Gasteiger partial charge < -0.3 is 10.4 Å². The first-order valence-corrected chi connectivity index (χ1v) is 6.59. The van der Waals surface area contributed by atoms with E-state index in [4.69, 9.17) is 0 Å². The van der Waals surface area contributed by atoms with Crippen molar-refractivity contribution in [1.82, 2.24) is 5.32 Å². The summed E-state index contributed by atoms with van der Waals surface area (Å²) in [4.78, 5) is 0. The lowest BCUT2D eigenvalue weighted by molar-refractivity contribution is 0.0470. The molecule has 0 aliphatic heterocycles. The first kappa shape index (κ1) is 14.2. The van der Waals surface area contributed by atoms with Crippen LogP contribution in [0.5, 0.6) is 0 Å². The molecule has 2 N–H and O–H groups in total. The standard InChI is InChI=1S/C15H25NO/c1-4-11-15(3,17)12-16-14(5-2)13-9-7-6-8-10-13/h6-10,14,16-17H,4-5,11-12H2,1-3H3. The SMILES string of the molecule is CCCC(C)(O)CNC(CC)c1ccccc1. The van der Waals surface area contributed by atoms with Gasteiger partial charge in [-0.25, -0.2) is 0 Å². The quantitative estimate of drug-likeness (QED) is 0.760. The Morgan fingerprint density at radius 2 is 1.88 bits per heavy atom. The molecule has 0 spiro atoms. The number of benzene rings is 1. The largest absolute Gasteiger partial charge is 0.389 e. The molecule has 0 aliphatic carbocycles. The summed E-state index contributed by atoms with van der Waals surface area (Å²) in [7, 11) is 0. The molecule has 2 heteroatoms. The van der Waals surface area contributed by atoms with Gasteiger partial charge in [-0.1, -0.05) is 50.6 Å². The van der Waals surface area contributed by atoms with Crippen molar-refractivity contribution in [2.45, 2.75) is 51.7 Å². The molecule has 0 radical (unpaired) electrons. The van der Waals surface area contributed by atoms with E-state index in [1.165, 1.54) is 5.56 Å². The summed E-state index contributed by atoms with van der Waals surface area (Å²) in [6.07, 6.45) is 2.88. The van der Waals surface area contributed by atoms with Crippen molar-refractivity contribution in [3.8, 4) is 0 Å². The van der Waals surface area contributed by atoms with Gasteiger partial charge in [-0.05, 0) is 25.3 Å². The van der Waals surface area contributed by atoms with Crippen LogP contribution >= 0.6 is 0 Å². The summed E-state index contributed by atoms with van der Waals surface area (Å²) in [5, 5.41) is 13.6. The van der Waals surface area contributed by atoms with Gasteiger partial charge in [-0.2, -0.15) is 0 Å². The van der Waals surface area contributed by atoms with Crippen molar-refractivity contribution in [3.05, 3.63) is 35.9 Å². The number of rotatable bonds is 7. The average Bonchev–Trinajstić information content (AvgIpc) is 2.31. The Labute approximate surface area is 105 Å². The number of hydrogen-bond donors (Lipinski definition) is 2. The summed E-state index contributed by atoms with van der Waals surface area (Å²) >= 11 is 0. The highest BCUT2D eigenvalue weighted by Crippen LogP contribution is 2.18. The van der Waals surface area contributed by atoms with E-state index in [0.29, 0.717) is 12.6 Å². The highest BCUT2D eigenvalue weighted by Gasteiger charge is 2.20. The van der Waals surface area contributed by atoms with Crippen molar-refractivity contribution < 1.29 is 5.11 Å². The Bertz CT molecular complexity index is 308. The second-order valence-electron chi connectivity index (χ2n) is 5.00. The van der Waals surface area contributed by atoms with Gasteiger partial charge in [0.05, 0.1) is 5.60 Å². The zero-order valence-corrected chi connectivity index (χ0v) is 11.2. The molecule has 0 bridgehead atoms. The smallest absolute Gasteiger partial charge is 0.0743 e. The van der Waals surface area contributed by atoms with E-state index in [9.17, 15) is 5.11 Å². The third kappa shape index (κ3) is 4.88. The zero-order valence-electron chi connectivity index (χ0n) is 11.2. The number of hydrogen-bond acceptors (Lipinski definition) is 2. The van der Waals surface area contributed by atoms with Gasteiger partial charge in [0.1, 0.15) is 0 Å². The van der Waals surface area contributed by atoms with Crippen molar-refractivity contribution in [1.29, 1.82) is 0 Å². The first-order valence-electron chi connectivity index (χ1n) is 6.59. The molecule has 0 saturated carbocycles. The number of aliphatic hydroxyl groups is 1. The molecule has 2 nitrogen and oxygen atoms in total. The minimum absolute atomic E-state index is 0.333. The third-order valence-corrected chi connectivity index (χ3v) is 3.13. The van der Waals surface area contributed by atoms with Crippen molar-refractivity contribution in [3.63, 3.8) is 0 Å². The van der Waals surface area contributed by atoms with Crippen molar-refractivity contribution in [2.75, 3.05) is 6.54 Å². The van der Waals surface area contributed by atoms with E-state index in [-0.39, 0.29) is 0 Å². The molecule has 0 aliphatic rings. The van der Waals surface area contributed by atoms with Crippen LogP contribution in [0.4, 0.5) is 0 Å². The fraction of sp³-hybridized carbons (Fsp3) is 0.600. The van der Waals surface area contributed by atoms with Crippen molar-refractivity contribution in [2.24, 2.45) is 0 Å². The highest BCUT2D eigenvalue weighted by molar-refractivity contribution is 5.18. The summed E-state index contributed by atoms with van der Waals surface area (Å²) in [5.41, 5.74) is 0.694. The van der Waals surface area contributed by atoms with Crippen LogP contribution in [-0.2, 0) is 0 Å². The van der Waals surface area contributed by atoms with E-state index in [0.717, 1.165) is 19.3 Å². The Morgan fingerprint density at radius 1 is 1.24 bits per heavy atom.